The molecule has 0 bridgehead atoms. The van der Waals surface area contributed by atoms with Crippen LogP contribution in [0.1, 0.15) is 0 Å². The van der Waals surface area contributed by atoms with E-state index in [9.17, 15) is 0 Å². The highest BCUT2D eigenvalue weighted by Gasteiger charge is 2.22. The van der Waals surface area contributed by atoms with Crippen LogP contribution in [0.25, 0.3) is 93.6 Å². The van der Waals surface area contributed by atoms with E-state index < -0.39 is 0 Å². The largest absolute Gasteiger partial charge is 0.456 e. The van der Waals surface area contributed by atoms with E-state index in [0.29, 0.717) is 0 Å². The van der Waals surface area contributed by atoms with Gasteiger partial charge in [0.25, 0.3) is 0 Å². The standard InChI is InChI=1S/C58H38N2O/c1-4-17-39(18-5-1)40-31-33-43(34-32-40)59(52-28-14-12-23-45(52)41-19-6-2-7-20-41)44-35-36-50-55(37-44)61-56-38-51(46-24-10-11-25-47(46)58(50)56)48-27-16-30-54-57(48)49-26-13-15-29-53(49)60(54)42-21-8-3-9-22-42/h1-38H. The van der Waals surface area contributed by atoms with Crippen molar-refractivity contribution in [1.82, 2.24) is 4.57 Å². The Morgan fingerprint density at radius 2 is 0.918 bits per heavy atom. The van der Waals surface area contributed by atoms with Crippen molar-refractivity contribution >= 4 is 71.6 Å². The van der Waals surface area contributed by atoms with E-state index >= 15 is 0 Å². The molecule has 3 heteroatoms. The van der Waals surface area contributed by atoms with Crippen molar-refractivity contribution in [3.63, 3.8) is 0 Å². The number of anilines is 3. The zero-order valence-electron chi connectivity index (χ0n) is 33.2. The molecule has 0 saturated heterocycles. The molecule has 3 nitrogen and oxygen atoms in total. The maximum atomic E-state index is 7.02. The van der Waals surface area contributed by atoms with Gasteiger partial charge in [-0.25, -0.2) is 0 Å². The number of para-hydroxylation sites is 3. The third-order valence-corrected chi connectivity index (χ3v) is 12.2. The van der Waals surface area contributed by atoms with Gasteiger partial charge < -0.3 is 13.9 Å². The van der Waals surface area contributed by atoms with Crippen LogP contribution in [0.15, 0.2) is 235 Å². The summed E-state index contributed by atoms with van der Waals surface area (Å²) in [6, 6.07) is 82.6. The number of benzene rings is 10. The first-order valence-corrected chi connectivity index (χ1v) is 20.8. The molecule has 0 saturated carbocycles. The average molecular weight is 779 g/mol. The number of hydrogen-bond donors (Lipinski definition) is 0. The van der Waals surface area contributed by atoms with Gasteiger partial charge in [0.05, 0.1) is 16.7 Å². The lowest BCUT2D eigenvalue weighted by Crippen LogP contribution is -2.11. The van der Waals surface area contributed by atoms with Gasteiger partial charge in [-0.1, -0.05) is 164 Å². The van der Waals surface area contributed by atoms with E-state index in [1.807, 2.05) is 0 Å². The highest BCUT2D eigenvalue weighted by atomic mass is 16.3. The SMILES string of the molecule is c1ccc(-c2ccc(N(c3ccc4c(c3)oc3cc(-c5cccc6c5c5ccccc5n6-c5ccccc5)c5ccccc5c34)c3ccccc3-c3ccccc3)cc2)cc1. The lowest BCUT2D eigenvalue weighted by Gasteiger charge is -2.28. The second kappa shape index (κ2) is 14.3. The molecule has 12 rings (SSSR count). The molecule has 286 valence electrons. The fourth-order valence-electron chi connectivity index (χ4n) is 9.48. The molecule has 0 unspecified atom stereocenters. The molecule has 0 N–H and O–H groups in total. The van der Waals surface area contributed by atoms with Crippen molar-refractivity contribution in [2.45, 2.75) is 0 Å². The molecule has 0 aliphatic carbocycles. The Hall–Kier alpha value is -8.14. The van der Waals surface area contributed by atoms with Gasteiger partial charge in [0.15, 0.2) is 0 Å². The minimum absolute atomic E-state index is 0.844. The van der Waals surface area contributed by atoms with Gasteiger partial charge in [0.1, 0.15) is 11.2 Å². The van der Waals surface area contributed by atoms with E-state index in [1.165, 1.54) is 49.3 Å². The van der Waals surface area contributed by atoms with Gasteiger partial charge in [0.2, 0.25) is 0 Å². The fraction of sp³-hybridized carbons (Fsp3) is 0. The van der Waals surface area contributed by atoms with Crippen molar-refractivity contribution in [3.8, 4) is 39.1 Å². The Kier molecular flexibility index (Phi) is 8.17. The summed E-state index contributed by atoms with van der Waals surface area (Å²) in [5, 5.41) is 7.05. The predicted octanol–water partition coefficient (Wildman–Crippen LogP) is 16.3. The molecule has 0 aliphatic heterocycles. The van der Waals surface area contributed by atoms with Crippen molar-refractivity contribution in [3.05, 3.63) is 231 Å². The average Bonchev–Trinajstić information content (AvgIpc) is 3.88. The number of fused-ring (bicyclic) bond motifs is 8. The molecule has 0 fully saturated rings. The third kappa shape index (κ3) is 5.74. The van der Waals surface area contributed by atoms with Crippen LogP contribution in [0.3, 0.4) is 0 Å². The van der Waals surface area contributed by atoms with Crippen molar-refractivity contribution in [2.75, 3.05) is 4.90 Å². The summed E-state index contributed by atoms with van der Waals surface area (Å²) in [5.74, 6) is 0. The van der Waals surface area contributed by atoms with E-state index in [2.05, 4.69) is 240 Å². The monoisotopic (exact) mass is 778 g/mol. The number of hydrogen-bond acceptors (Lipinski definition) is 2. The molecule has 0 aliphatic rings. The summed E-state index contributed by atoms with van der Waals surface area (Å²) < 4.78 is 9.40. The summed E-state index contributed by atoms with van der Waals surface area (Å²) >= 11 is 0. The molecule has 2 aromatic heterocycles. The van der Waals surface area contributed by atoms with E-state index in [0.717, 1.165) is 61.4 Å². The first-order chi connectivity index (χ1) is 30.3. The van der Waals surface area contributed by atoms with Gasteiger partial charge in [-0.15, -0.1) is 0 Å². The Morgan fingerprint density at radius 1 is 0.328 bits per heavy atom. The highest BCUT2D eigenvalue weighted by molar-refractivity contribution is 6.25. The quantitative estimate of drug-likeness (QED) is 0.161. The Bertz CT molecular complexity index is 3570. The van der Waals surface area contributed by atoms with Crippen molar-refractivity contribution < 1.29 is 4.42 Å². The maximum absolute atomic E-state index is 7.02. The minimum Gasteiger partial charge on any atom is -0.456 e. The zero-order chi connectivity index (χ0) is 40.3. The number of rotatable bonds is 7. The summed E-state index contributed by atoms with van der Waals surface area (Å²) in [7, 11) is 0. The van der Waals surface area contributed by atoms with E-state index in [1.54, 1.807) is 0 Å². The molecule has 12 aromatic rings. The van der Waals surface area contributed by atoms with Crippen LogP contribution in [0.4, 0.5) is 17.1 Å². The van der Waals surface area contributed by atoms with Crippen LogP contribution in [0.5, 0.6) is 0 Å². The third-order valence-electron chi connectivity index (χ3n) is 12.2. The summed E-state index contributed by atoms with van der Waals surface area (Å²) in [4.78, 5) is 2.36. The van der Waals surface area contributed by atoms with Crippen LogP contribution in [-0.2, 0) is 0 Å². The van der Waals surface area contributed by atoms with E-state index in [-0.39, 0.29) is 0 Å². The van der Waals surface area contributed by atoms with Gasteiger partial charge in [-0.05, 0) is 99.3 Å². The van der Waals surface area contributed by atoms with Crippen LogP contribution in [-0.4, -0.2) is 4.57 Å². The summed E-state index contributed by atoms with van der Waals surface area (Å²) in [6.45, 7) is 0. The van der Waals surface area contributed by atoms with Gasteiger partial charge >= 0.3 is 0 Å². The summed E-state index contributed by atoms with van der Waals surface area (Å²) in [6.07, 6.45) is 0. The second-order valence-electron chi connectivity index (χ2n) is 15.6. The van der Waals surface area contributed by atoms with Crippen LogP contribution in [0.2, 0.25) is 0 Å². The van der Waals surface area contributed by atoms with Crippen molar-refractivity contribution in [1.29, 1.82) is 0 Å². The molecular formula is C58H38N2O. The Morgan fingerprint density at radius 3 is 1.70 bits per heavy atom. The molecule has 0 amide bonds. The second-order valence-corrected chi connectivity index (χ2v) is 15.6. The molecule has 0 spiro atoms. The first-order valence-electron chi connectivity index (χ1n) is 20.8. The Labute approximate surface area is 353 Å². The molecule has 0 atom stereocenters. The normalized spacial score (nSPS) is 11.6. The molecule has 61 heavy (non-hydrogen) atoms. The smallest absolute Gasteiger partial charge is 0.137 e. The molecule has 10 aromatic carbocycles. The van der Waals surface area contributed by atoms with Gasteiger partial charge in [0, 0.05) is 50.2 Å². The predicted molar refractivity (Wildman–Crippen MR) is 257 cm³/mol. The van der Waals surface area contributed by atoms with Gasteiger partial charge in [-0.3, -0.25) is 0 Å². The van der Waals surface area contributed by atoms with Crippen LogP contribution < -0.4 is 4.90 Å². The highest BCUT2D eigenvalue weighted by Crippen LogP contribution is 2.47. The Balaban J connectivity index is 1.06. The number of aromatic nitrogens is 1. The molecule has 2 heterocycles. The number of nitrogens with zero attached hydrogens (tertiary/aromatic N) is 2. The first kappa shape index (κ1) is 34.9. The number of furan rings is 1. The van der Waals surface area contributed by atoms with Crippen molar-refractivity contribution in [2.24, 2.45) is 0 Å². The summed E-state index contributed by atoms with van der Waals surface area (Å²) in [5.41, 5.74) is 15.4. The van der Waals surface area contributed by atoms with E-state index in [4.69, 9.17) is 4.42 Å². The minimum atomic E-state index is 0.844. The van der Waals surface area contributed by atoms with Crippen LogP contribution >= 0.6 is 0 Å². The topological polar surface area (TPSA) is 21.3 Å². The van der Waals surface area contributed by atoms with Crippen LogP contribution in [0, 0.1) is 0 Å². The molecular weight excluding hydrogens is 741 g/mol. The molecule has 0 radical (unpaired) electrons. The van der Waals surface area contributed by atoms with Gasteiger partial charge in [-0.2, -0.15) is 0 Å². The zero-order valence-corrected chi connectivity index (χ0v) is 33.2. The maximum Gasteiger partial charge on any atom is 0.137 e. The lowest BCUT2D eigenvalue weighted by molar-refractivity contribution is 0.669. The fourth-order valence-corrected chi connectivity index (χ4v) is 9.48. The lowest BCUT2D eigenvalue weighted by atomic mass is 9.92.